The number of para-hydroxylation sites is 1. The van der Waals surface area contributed by atoms with Crippen LogP contribution in [-0.2, 0) is 5.41 Å². The molecule has 40 heavy (non-hydrogen) atoms. The van der Waals surface area contributed by atoms with Gasteiger partial charge in [0.15, 0.2) is 0 Å². The van der Waals surface area contributed by atoms with Gasteiger partial charge < -0.3 is 26.0 Å². The number of rotatable bonds is 8. The van der Waals surface area contributed by atoms with E-state index >= 15 is 0 Å². The van der Waals surface area contributed by atoms with Gasteiger partial charge in [0, 0.05) is 42.1 Å². The Hall–Kier alpha value is -3.09. The first kappa shape index (κ1) is 33.1. The molecule has 0 spiro atoms. The van der Waals surface area contributed by atoms with Gasteiger partial charge in [0.1, 0.15) is 5.75 Å². The molecule has 1 heterocycles. The number of anilines is 3. The fourth-order valence-corrected chi connectivity index (χ4v) is 5.53. The highest BCUT2D eigenvalue weighted by Gasteiger charge is 2.37. The topological polar surface area (TPSA) is 79.6 Å². The molecule has 1 saturated heterocycles. The minimum absolute atomic E-state index is 0. The molecule has 0 atom stereocenters. The van der Waals surface area contributed by atoms with Gasteiger partial charge in [-0.15, -0.1) is 24.8 Å². The van der Waals surface area contributed by atoms with Gasteiger partial charge in [-0.1, -0.05) is 58.0 Å². The summed E-state index contributed by atoms with van der Waals surface area (Å²) in [6.45, 7) is 10.9. The van der Waals surface area contributed by atoms with Gasteiger partial charge in [0.05, 0.1) is 7.11 Å². The number of piperidine rings is 1. The van der Waals surface area contributed by atoms with E-state index in [9.17, 15) is 4.79 Å². The van der Waals surface area contributed by atoms with Crippen molar-refractivity contribution in [2.24, 2.45) is 0 Å². The highest BCUT2D eigenvalue weighted by Crippen LogP contribution is 2.38. The number of nitrogens with one attached hydrogen (secondary N) is 2. The van der Waals surface area contributed by atoms with Crippen LogP contribution in [0.5, 0.6) is 5.75 Å². The first-order chi connectivity index (χ1) is 18.2. The molecule has 1 aliphatic heterocycles. The Labute approximate surface area is 251 Å². The number of methoxy groups -OCH3 is 1. The number of ether oxygens (including phenoxy) is 1. The number of nitrogen functional groups attached to an aromatic ring is 1. The van der Waals surface area contributed by atoms with Gasteiger partial charge in [-0.2, -0.15) is 0 Å². The number of nitrogens with zero attached hydrogens (tertiary/aromatic N) is 1. The molecule has 4 N–H and O–H groups in total. The standard InChI is InChI=1S/C32H42N4O2.2ClH/c1-22(2)28-19-25(33)20-29(23(3)4)30(28)35-31(37)34-21-32(24-10-9-13-27(18-24)38-5)14-16-36(17-15-32)26-11-7-6-8-12-26;;/h6-13,18-20,22-23H,14-17,21,33H2,1-5H3,(H2,34,35,37);2*1H. The molecule has 3 aromatic carbocycles. The number of urea groups is 1. The number of halogens is 2. The van der Waals surface area contributed by atoms with E-state index in [4.69, 9.17) is 10.5 Å². The van der Waals surface area contributed by atoms with Crippen LogP contribution in [0.2, 0.25) is 0 Å². The SMILES string of the molecule is COc1cccc(C2(CNC(=O)Nc3c(C(C)C)cc(N)cc3C(C)C)CCN(c3ccccc3)CC2)c1.Cl.Cl. The molecular weight excluding hydrogens is 543 g/mol. The fourth-order valence-electron chi connectivity index (χ4n) is 5.53. The van der Waals surface area contributed by atoms with E-state index in [1.165, 1.54) is 11.3 Å². The predicted molar refractivity (Wildman–Crippen MR) is 173 cm³/mol. The zero-order chi connectivity index (χ0) is 27.3. The Morgan fingerprint density at radius 2 is 1.52 bits per heavy atom. The van der Waals surface area contributed by atoms with Crippen molar-refractivity contribution >= 4 is 47.9 Å². The Morgan fingerprint density at radius 1 is 0.925 bits per heavy atom. The van der Waals surface area contributed by atoms with Crippen molar-refractivity contribution in [1.82, 2.24) is 5.32 Å². The lowest BCUT2D eigenvalue weighted by Crippen LogP contribution is -2.49. The Morgan fingerprint density at radius 3 is 2.08 bits per heavy atom. The van der Waals surface area contributed by atoms with Crippen molar-refractivity contribution in [3.63, 3.8) is 0 Å². The van der Waals surface area contributed by atoms with E-state index in [1.54, 1.807) is 7.11 Å². The Balaban J connectivity index is 0.00000280. The van der Waals surface area contributed by atoms with E-state index in [-0.39, 0.29) is 48.1 Å². The second-order valence-corrected chi connectivity index (χ2v) is 11.0. The van der Waals surface area contributed by atoms with Crippen molar-refractivity contribution in [2.45, 2.75) is 57.8 Å². The summed E-state index contributed by atoms with van der Waals surface area (Å²) < 4.78 is 5.55. The summed E-state index contributed by atoms with van der Waals surface area (Å²) in [4.78, 5) is 15.8. The third kappa shape index (κ3) is 7.55. The molecule has 0 aliphatic carbocycles. The number of hydrogen-bond donors (Lipinski definition) is 3. The number of benzene rings is 3. The molecule has 6 nitrogen and oxygen atoms in total. The Kier molecular flexibility index (Phi) is 12.0. The summed E-state index contributed by atoms with van der Waals surface area (Å²) in [6.07, 6.45) is 1.84. The lowest BCUT2D eigenvalue weighted by Gasteiger charge is -2.43. The van der Waals surface area contributed by atoms with Gasteiger partial charge in [0.25, 0.3) is 0 Å². The summed E-state index contributed by atoms with van der Waals surface area (Å²) in [5.41, 5.74) is 12.2. The molecule has 0 saturated carbocycles. The molecule has 1 fully saturated rings. The molecule has 0 bridgehead atoms. The predicted octanol–water partition coefficient (Wildman–Crippen LogP) is 7.73. The van der Waals surface area contributed by atoms with Crippen LogP contribution in [0.15, 0.2) is 66.7 Å². The van der Waals surface area contributed by atoms with Crippen molar-refractivity contribution < 1.29 is 9.53 Å². The van der Waals surface area contributed by atoms with Crippen molar-refractivity contribution in [2.75, 3.05) is 42.7 Å². The lowest BCUT2D eigenvalue weighted by molar-refractivity contribution is 0.244. The minimum atomic E-state index is -0.194. The molecule has 3 aromatic rings. The van der Waals surface area contributed by atoms with Crippen LogP contribution in [0.3, 0.4) is 0 Å². The average molecular weight is 588 g/mol. The van der Waals surface area contributed by atoms with E-state index < -0.39 is 0 Å². The van der Waals surface area contributed by atoms with Gasteiger partial charge >= 0.3 is 6.03 Å². The number of carbonyl (C=O) groups is 1. The van der Waals surface area contributed by atoms with Crippen LogP contribution in [0.4, 0.5) is 21.9 Å². The molecule has 218 valence electrons. The third-order valence-electron chi connectivity index (χ3n) is 7.82. The Bertz CT molecular complexity index is 1210. The number of carbonyl (C=O) groups excluding carboxylic acids is 1. The number of amides is 2. The highest BCUT2D eigenvalue weighted by atomic mass is 35.5. The summed E-state index contributed by atoms with van der Waals surface area (Å²) in [5, 5.41) is 6.43. The van der Waals surface area contributed by atoms with Gasteiger partial charge in [-0.25, -0.2) is 4.79 Å². The van der Waals surface area contributed by atoms with Crippen LogP contribution in [-0.4, -0.2) is 32.8 Å². The maximum Gasteiger partial charge on any atom is 0.319 e. The summed E-state index contributed by atoms with van der Waals surface area (Å²) in [5.74, 6) is 1.30. The lowest BCUT2D eigenvalue weighted by atomic mass is 9.72. The average Bonchev–Trinajstić information content (AvgIpc) is 2.93. The van der Waals surface area contributed by atoms with Gasteiger partial charge in [-0.05, 0) is 77.8 Å². The van der Waals surface area contributed by atoms with Gasteiger partial charge in [-0.3, -0.25) is 0 Å². The van der Waals surface area contributed by atoms with Gasteiger partial charge in [0.2, 0.25) is 0 Å². The van der Waals surface area contributed by atoms with Crippen LogP contribution >= 0.6 is 24.8 Å². The van der Waals surface area contributed by atoms with E-state index in [2.05, 4.69) is 79.6 Å². The van der Waals surface area contributed by atoms with E-state index in [1.807, 2.05) is 30.3 Å². The van der Waals surface area contributed by atoms with E-state index in [0.717, 1.165) is 54.2 Å². The maximum absolute atomic E-state index is 13.4. The quantitative estimate of drug-likeness (QED) is 0.236. The van der Waals surface area contributed by atoms with Crippen LogP contribution in [0, 0.1) is 0 Å². The second kappa shape index (κ2) is 14.5. The van der Waals surface area contributed by atoms with Crippen molar-refractivity contribution in [3.05, 3.63) is 83.4 Å². The van der Waals surface area contributed by atoms with Crippen LogP contribution < -0.4 is 26.0 Å². The molecular formula is C32H44Cl2N4O2. The number of nitrogens with two attached hydrogens (primary N) is 1. The molecule has 0 unspecified atom stereocenters. The highest BCUT2D eigenvalue weighted by molar-refractivity contribution is 5.92. The number of hydrogen-bond acceptors (Lipinski definition) is 4. The third-order valence-corrected chi connectivity index (χ3v) is 7.82. The maximum atomic E-state index is 13.4. The molecule has 0 aromatic heterocycles. The molecule has 4 rings (SSSR count). The molecule has 1 aliphatic rings. The normalized spacial score (nSPS) is 14.2. The first-order valence-electron chi connectivity index (χ1n) is 13.6. The zero-order valence-electron chi connectivity index (χ0n) is 24.2. The van der Waals surface area contributed by atoms with Crippen LogP contribution in [0.25, 0.3) is 0 Å². The summed E-state index contributed by atoms with van der Waals surface area (Å²) in [6, 6.07) is 22.6. The largest absolute Gasteiger partial charge is 0.497 e. The van der Waals surface area contributed by atoms with Crippen molar-refractivity contribution in [1.29, 1.82) is 0 Å². The second-order valence-electron chi connectivity index (χ2n) is 11.0. The summed E-state index contributed by atoms with van der Waals surface area (Å²) >= 11 is 0. The minimum Gasteiger partial charge on any atom is -0.497 e. The molecule has 2 amide bonds. The molecule has 0 radical (unpaired) electrons. The fraction of sp³-hybridized carbons (Fsp3) is 0.406. The van der Waals surface area contributed by atoms with E-state index in [0.29, 0.717) is 6.54 Å². The first-order valence-corrected chi connectivity index (χ1v) is 13.6. The smallest absolute Gasteiger partial charge is 0.319 e. The zero-order valence-corrected chi connectivity index (χ0v) is 25.8. The monoisotopic (exact) mass is 586 g/mol. The molecule has 8 heteroatoms. The van der Waals surface area contributed by atoms with Crippen molar-refractivity contribution in [3.8, 4) is 5.75 Å². The summed E-state index contributed by atoms with van der Waals surface area (Å²) in [7, 11) is 1.70. The van der Waals surface area contributed by atoms with Crippen LogP contribution in [0.1, 0.15) is 69.1 Å².